The Labute approximate surface area is 177 Å². The lowest BCUT2D eigenvalue weighted by Gasteiger charge is -2.27. The first-order valence-electron chi connectivity index (χ1n) is 10.5. The number of hydrogen-bond donors (Lipinski definition) is 2. The molecule has 2 atom stereocenters. The fourth-order valence-electron chi connectivity index (χ4n) is 1.43. The molecule has 0 saturated carbocycles. The first-order chi connectivity index (χ1) is 12.5. The highest BCUT2D eigenvalue weighted by Crippen LogP contribution is 2.28. The molecule has 0 saturated heterocycles. The Hall–Kier alpha value is -0.200. The number of ether oxygens (including phenoxy) is 3. The molecule has 0 rings (SSSR count). The third-order valence-electron chi connectivity index (χ3n) is 4.13. The Morgan fingerprint density at radius 3 is 1.29 bits per heavy atom. The van der Waals surface area contributed by atoms with Gasteiger partial charge in [-0.25, -0.2) is 0 Å². The summed E-state index contributed by atoms with van der Waals surface area (Å²) in [6.45, 7) is 25.8. The van der Waals surface area contributed by atoms with Crippen molar-refractivity contribution in [2.75, 3.05) is 27.4 Å². The summed E-state index contributed by atoms with van der Waals surface area (Å²) >= 11 is 0. The smallest absolute Gasteiger partial charge is 0.0773 e. The largest absolute Gasteiger partial charge is 0.394 e. The van der Waals surface area contributed by atoms with E-state index >= 15 is 0 Å². The van der Waals surface area contributed by atoms with Crippen LogP contribution in [0.5, 0.6) is 0 Å². The second-order valence-corrected chi connectivity index (χ2v) is 9.31. The minimum Gasteiger partial charge on any atom is -0.394 e. The van der Waals surface area contributed by atoms with E-state index in [9.17, 15) is 0 Å². The fourth-order valence-corrected chi connectivity index (χ4v) is 1.43. The van der Waals surface area contributed by atoms with Crippen LogP contribution in [0.1, 0.15) is 89.5 Å². The highest BCUT2D eigenvalue weighted by Gasteiger charge is 2.18. The van der Waals surface area contributed by atoms with Crippen LogP contribution in [-0.4, -0.2) is 61.6 Å². The molecule has 0 amide bonds. The second-order valence-electron chi connectivity index (χ2n) is 9.31. The van der Waals surface area contributed by atoms with Gasteiger partial charge in [-0.05, 0) is 59.8 Å². The van der Waals surface area contributed by atoms with E-state index in [4.69, 9.17) is 14.9 Å². The molecule has 0 aliphatic heterocycles. The molecule has 0 aromatic heterocycles. The zero-order chi connectivity index (χ0) is 23.6. The predicted molar refractivity (Wildman–Crippen MR) is 122 cm³/mol. The minimum atomic E-state index is -0.324. The summed E-state index contributed by atoms with van der Waals surface area (Å²) in [7, 11) is 3.13. The van der Waals surface area contributed by atoms with E-state index < -0.39 is 0 Å². The molecule has 0 spiro atoms. The molecule has 5 nitrogen and oxygen atoms in total. The molecule has 0 bridgehead atoms. The zero-order valence-electron chi connectivity index (χ0n) is 21.5. The van der Waals surface area contributed by atoms with E-state index in [1.54, 1.807) is 28.1 Å². The molecule has 0 aromatic rings. The van der Waals surface area contributed by atoms with Gasteiger partial charge >= 0.3 is 0 Å². The number of hydrogen-bond acceptors (Lipinski definition) is 5. The Kier molecular flexibility index (Phi) is 25.3. The van der Waals surface area contributed by atoms with Gasteiger partial charge < -0.3 is 24.4 Å². The summed E-state index contributed by atoms with van der Waals surface area (Å²) in [5, 5.41) is 16.6. The van der Waals surface area contributed by atoms with Crippen molar-refractivity contribution < 1.29 is 24.4 Å². The molecular formula is C23H54O5. The van der Waals surface area contributed by atoms with Crippen LogP contribution < -0.4 is 0 Å². The first kappa shape index (κ1) is 35.3. The SMILES string of the molecule is CC(C)OC(C)(C)C.CCC(C)(C)C(C)C.COC(C)CO.COCC(C)O. The normalized spacial score (nSPS) is 13.5. The standard InChI is InChI=1S/C8H18.C7H16O.2C4H10O2/c1-6-8(4,5)7(2)3;1-6(2)8-7(3,4)5;1-4(5)3-6-2;1-4(3-5)6-2/h7H,6H2,1-5H3;6H,1-5H3;2*4-5H,3H2,1-2H3. The van der Waals surface area contributed by atoms with Crippen molar-refractivity contribution in [1.29, 1.82) is 0 Å². The summed E-state index contributed by atoms with van der Waals surface area (Å²) in [5.41, 5.74) is 0.564. The molecule has 176 valence electrons. The number of aliphatic hydroxyl groups excluding tert-OH is 2. The van der Waals surface area contributed by atoms with Crippen molar-refractivity contribution in [1.82, 2.24) is 0 Å². The summed E-state index contributed by atoms with van der Waals surface area (Å²) in [5.74, 6) is 0.812. The quantitative estimate of drug-likeness (QED) is 0.595. The van der Waals surface area contributed by atoms with Crippen LogP contribution in [0.3, 0.4) is 0 Å². The number of aliphatic hydroxyl groups is 2. The second kappa shape index (κ2) is 20.1. The maximum Gasteiger partial charge on any atom is 0.0773 e. The van der Waals surface area contributed by atoms with Crippen molar-refractivity contribution in [3.8, 4) is 0 Å². The maximum absolute atomic E-state index is 8.43. The van der Waals surface area contributed by atoms with Crippen molar-refractivity contribution in [2.45, 2.75) is 113 Å². The zero-order valence-corrected chi connectivity index (χ0v) is 21.5. The minimum absolute atomic E-state index is 0.00926. The van der Waals surface area contributed by atoms with Gasteiger partial charge in [0.15, 0.2) is 0 Å². The van der Waals surface area contributed by atoms with Crippen molar-refractivity contribution in [2.24, 2.45) is 11.3 Å². The number of rotatable bonds is 7. The summed E-state index contributed by atoms with van der Waals surface area (Å²) in [6, 6.07) is 0. The van der Waals surface area contributed by atoms with E-state index in [1.165, 1.54) is 6.42 Å². The van der Waals surface area contributed by atoms with E-state index in [1.807, 2.05) is 13.8 Å². The third kappa shape index (κ3) is 36.7. The summed E-state index contributed by atoms with van der Waals surface area (Å²) in [4.78, 5) is 0. The van der Waals surface area contributed by atoms with Crippen LogP contribution in [0.4, 0.5) is 0 Å². The molecule has 0 heterocycles. The Bertz CT molecular complexity index is 290. The van der Waals surface area contributed by atoms with Crippen LogP contribution in [0.2, 0.25) is 0 Å². The van der Waals surface area contributed by atoms with Gasteiger partial charge in [0.1, 0.15) is 0 Å². The third-order valence-corrected chi connectivity index (χ3v) is 4.13. The van der Waals surface area contributed by atoms with Crippen LogP contribution in [0.25, 0.3) is 0 Å². The lowest BCUT2D eigenvalue weighted by molar-refractivity contribution is -0.0424. The average molecular weight is 411 g/mol. The van der Waals surface area contributed by atoms with Gasteiger partial charge in [-0.1, -0.05) is 41.0 Å². The monoisotopic (exact) mass is 410 g/mol. The topological polar surface area (TPSA) is 68.2 Å². The van der Waals surface area contributed by atoms with E-state index in [0.29, 0.717) is 18.1 Å². The lowest BCUT2D eigenvalue weighted by Crippen LogP contribution is -2.23. The lowest BCUT2D eigenvalue weighted by atomic mass is 9.79. The predicted octanol–water partition coefficient (Wildman–Crippen LogP) is 5.32. The van der Waals surface area contributed by atoms with Crippen LogP contribution >= 0.6 is 0 Å². The van der Waals surface area contributed by atoms with E-state index in [-0.39, 0.29) is 24.4 Å². The molecule has 0 fully saturated rings. The van der Waals surface area contributed by atoms with Gasteiger partial charge in [0, 0.05) is 14.2 Å². The molecule has 2 unspecified atom stereocenters. The van der Waals surface area contributed by atoms with Gasteiger partial charge in [-0.3, -0.25) is 0 Å². The van der Waals surface area contributed by atoms with Crippen LogP contribution in [-0.2, 0) is 14.2 Å². The molecule has 5 heteroatoms. The van der Waals surface area contributed by atoms with Gasteiger partial charge in [-0.2, -0.15) is 0 Å². The number of methoxy groups -OCH3 is 2. The van der Waals surface area contributed by atoms with Crippen molar-refractivity contribution in [3.63, 3.8) is 0 Å². The Balaban J connectivity index is -0.000000139. The molecule has 0 aromatic carbocycles. The molecular weight excluding hydrogens is 356 g/mol. The Morgan fingerprint density at radius 1 is 0.857 bits per heavy atom. The van der Waals surface area contributed by atoms with Crippen LogP contribution in [0, 0.1) is 11.3 Å². The first-order valence-corrected chi connectivity index (χ1v) is 10.5. The van der Waals surface area contributed by atoms with Crippen LogP contribution in [0.15, 0.2) is 0 Å². The van der Waals surface area contributed by atoms with Crippen molar-refractivity contribution >= 4 is 0 Å². The van der Waals surface area contributed by atoms with Gasteiger partial charge in [0.25, 0.3) is 0 Å². The average Bonchev–Trinajstić information content (AvgIpc) is 2.53. The molecule has 0 radical (unpaired) electrons. The van der Waals surface area contributed by atoms with E-state index in [2.05, 4.69) is 64.9 Å². The van der Waals surface area contributed by atoms with E-state index in [0.717, 1.165) is 5.92 Å². The molecule has 2 N–H and O–H groups in total. The fraction of sp³-hybridized carbons (Fsp3) is 1.00. The Morgan fingerprint density at radius 2 is 1.29 bits per heavy atom. The maximum atomic E-state index is 8.43. The van der Waals surface area contributed by atoms with Crippen molar-refractivity contribution in [3.05, 3.63) is 0 Å². The molecule has 28 heavy (non-hydrogen) atoms. The van der Waals surface area contributed by atoms with Gasteiger partial charge in [0.05, 0.1) is 37.1 Å². The molecule has 0 aliphatic rings. The highest BCUT2D eigenvalue weighted by atomic mass is 16.5. The molecule has 0 aliphatic carbocycles. The van der Waals surface area contributed by atoms with Gasteiger partial charge in [0.2, 0.25) is 0 Å². The summed E-state index contributed by atoms with van der Waals surface area (Å²) < 4.78 is 14.6. The van der Waals surface area contributed by atoms with Gasteiger partial charge in [-0.15, -0.1) is 0 Å². The highest BCUT2D eigenvalue weighted by molar-refractivity contribution is 4.69. The summed E-state index contributed by atoms with van der Waals surface area (Å²) in [6.07, 6.45) is 1.29.